The number of hydrogen-bond acceptors (Lipinski definition) is 2. The summed E-state index contributed by atoms with van der Waals surface area (Å²) in [6.45, 7) is 6.43. The quantitative estimate of drug-likeness (QED) is 0.707. The topological polar surface area (TPSA) is 25.8 Å². The molecule has 0 aromatic carbocycles. The van der Waals surface area contributed by atoms with Crippen LogP contribution in [0.25, 0.3) is 0 Å². The van der Waals surface area contributed by atoms with Gasteiger partial charge >= 0.3 is 0 Å². The summed E-state index contributed by atoms with van der Waals surface area (Å²) in [6, 6.07) is 0. The van der Waals surface area contributed by atoms with Crippen LogP contribution >= 0.6 is 11.6 Å². The number of rotatable bonds is 2. The molecule has 0 amide bonds. The minimum absolute atomic E-state index is 0.391. The lowest BCUT2D eigenvalue weighted by Crippen LogP contribution is -2.06. The van der Waals surface area contributed by atoms with Crippen molar-refractivity contribution in [3.8, 4) is 0 Å². The van der Waals surface area contributed by atoms with Gasteiger partial charge in [-0.05, 0) is 5.92 Å². The van der Waals surface area contributed by atoms with Crippen LogP contribution in [-0.4, -0.2) is 9.97 Å². The van der Waals surface area contributed by atoms with E-state index in [1.165, 1.54) is 0 Å². The SMILES string of the molecule is CC(C)[C@H](C)c1ncc(Cl)cn1. The van der Waals surface area contributed by atoms with Crippen LogP contribution in [0.3, 0.4) is 0 Å². The van der Waals surface area contributed by atoms with Gasteiger partial charge in [0.25, 0.3) is 0 Å². The van der Waals surface area contributed by atoms with E-state index in [0.29, 0.717) is 16.9 Å². The summed E-state index contributed by atoms with van der Waals surface area (Å²) in [5.74, 6) is 1.82. The fraction of sp³-hybridized carbons (Fsp3) is 0.556. The molecule has 0 bridgehead atoms. The second-order valence-electron chi connectivity index (χ2n) is 3.29. The van der Waals surface area contributed by atoms with Gasteiger partial charge in [-0.15, -0.1) is 0 Å². The Balaban J connectivity index is 2.82. The molecule has 1 heterocycles. The molecule has 0 aliphatic rings. The highest BCUT2D eigenvalue weighted by atomic mass is 35.5. The molecule has 0 aliphatic carbocycles. The molecule has 0 saturated carbocycles. The van der Waals surface area contributed by atoms with Crippen molar-refractivity contribution in [2.24, 2.45) is 5.92 Å². The van der Waals surface area contributed by atoms with E-state index in [-0.39, 0.29) is 0 Å². The molecule has 0 radical (unpaired) electrons. The van der Waals surface area contributed by atoms with Crippen molar-refractivity contribution in [1.29, 1.82) is 0 Å². The summed E-state index contributed by atoms with van der Waals surface area (Å²) >= 11 is 5.67. The first-order valence-corrected chi connectivity index (χ1v) is 4.46. The molecular formula is C9H13ClN2. The molecule has 1 atom stereocenters. The van der Waals surface area contributed by atoms with Gasteiger partial charge in [0.1, 0.15) is 5.82 Å². The van der Waals surface area contributed by atoms with E-state index in [2.05, 4.69) is 30.7 Å². The minimum Gasteiger partial charge on any atom is -0.240 e. The van der Waals surface area contributed by atoms with Gasteiger partial charge in [-0.2, -0.15) is 0 Å². The van der Waals surface area contributed by atoms with E-state index in [9.17, 15) is 0 Å². The van der Waals surface area contributed by atoms with Crippen LogP contribution < -0.4 is 0 Å². The fourth-order valence-corrected chi connectivity index (χ4v) is 0.953. The normalized spacial score (nSPS) is 13.4. The first-order valence-electron chi connectivity index (χ1n) is 4.08. The second kappa shape index (κ2) is 3.85. The first-order chi connectivity index (χ1) is 5.61. The van der Waals surface area contributed by atoms with Crippen LogP contribution in [0.1, 0.15) is 32.5 Å². The van der Waals surface area contributed by atoms with Gasteiger partial charge in [-0.3, -0.25) is 0 Å². The molecular weight excluding hydrogens is 172 g/mol. The summed E-state index contributed by atoms with van der Waals surface area (Å²) in [5.41, 5.74) is 0. The van der Waals surface area contributed by atoms with Crippen molar-refractivity contribution in [1.82, 2.24) is 9.97 Å². The predicted molar refractivity (Wildman–Crippen MR) is 50.3 cm³/mol. The zero-order valence-electron chi connectivity index (χ0n) is 7.58. The van der Waals surface area contributed by atoms with Gasteiger partial charge in [0.05, 0.1) is 5.02 Å². The van der Waals surface area contributed by atoms with Crippen LogP contribution in [-0.2, 0) is 0 Å². The van der Waals surface area contributed by atoms with Crippen molar-refractivity contribution in [2.45, 2.75) is 26.7 Å². The zero-order chi connectivity index (χ0) is 9.14. The Labute approximate surface area is 78.0 Å². The van der Waals surface area contributed by atoms with Gasteiger partial charge in [-0.25, -0.2) is 9.97 Å². The minimum atomic E-state index is 0.391. The third-order valence-corrected chi connectivity index (χ3v) is 2.24. The Morgan fingerprint density at radius 1 is 1.17 bits per heavy atom. The molecule has 1 rings (SSSR count). The van der Waals surface area contributed by atoms with Crippen molar-refractivity contribution < 1.29 is 0 Å². The lowest BCUT2D eigenvalue weighted by atomic mass is 9.97. The summed E-state index contributed by atoms with van der Waals surface area (Å²) in [6.07, 6.45) is 3.28. The standard InChI is InChI=1S/C9H13ClN2/c1-6(2)7(3)9-11-4-8(10)5-12-9/h4-7H,1-3H3/t7-/m0/s1. The number of halogens is 1. The van der Waals surface area contributed by atoms with Crippen LogP contribution in [0.4, 0.5) is 0 Å². The van der Waals surface area contributed by atoms with Crippen molar-refractivity contribution in [3.63, 3.8) is 0 Å². The molecule has 0 N–H and O–H groups in total. The monoisotopic (exact) mass is 184 g/mol. The molecule has 3 heteroatoms. The Kier molecular flexibility index (Phi) is 3.04. The summed E-state index contributed by atoms with van der Waals surface area (Å²) in [7, 11) is 0. The van der Waals surface area contributed by atoms with Gasteiger partial charge in [0, 0.05) is 18.3 Å². The van der Waals surface area contributed by atoms with E-state index < -0.39 is 0 Å². The van der Waals surface area contributed by atoms with Crippen LogP contribution in [0.2, 0.25) is 5.02 Å². The molecule has 1 aromatic rings. The number of aromatic nitrogens is 2. The lowest BCUT2D eigenvalue weighted by molar-refractivity contribution is 0.510. The van der Waals surface area contributed by atoms with Gasteiger partial charge in [0.15, 0.2) is 0 Å². The smallest absolute Gasteiger partial charge is 0.131 e. The average Bonchev–Trinajstić information content (AvgIpc) is 2.04. The van der Waals surface area contributed by atoms with E-state index >= 15 is 0 Å². The molecule has 1 aromatic heterocycles. The zero-order valence-corrected chi connectivity index (χ0v) is 8.34. The Morgan fingerprint density at radius 2 is 1.67 bits per heavy atom. The third-order valence-electron chi connectivity index (χ3n) is 2.05. The highest BCUT2D eigenvalue weighted by Crippen LogP contribution is 2.20. The highest BCUT2D eigenvalue weighted by Gasteiger charge is 2.11. The summed E-state index contributed by atoms with van der Waals surface area (Å²) in [5, 5.41) is 0.592. The van der Waals surface area contributed by atoms with Gasteiger partial charge < -0.3 is 0 Å². The maximum atomic E-state index is 5.67. The largest absolute Gasteiger partial charge is 0.240 e. The van der Waals surface area contributed by atoms with Crippen LogP contribution in [0.15, 0.2) is 12.4 Å². The molecule has 66 valence electrons. The third kappa shape index (κ3) is 2.18. The Bertz CT molecular complexity index is 243. The van der Waals surface area contributed by atoms with Crippen molar-refractivity contribution >= 4 is 11.6 Å². The summed E-state index contributed by atoms with van der Waals surface area (Å²) in [4.78, 5) is 8.31. The van der Waals surface area contributed by atoms with E-state index in [1.807, 2.05) is 0 Å². The fourth-order valence-electron chi connectivity index (χ4n) is 0.856. The van der Waals surface area contributed by atoms with Gasteiger partial charge in [0.2, 0.25) is 0 Å². The molecule has 0 fully saturated rings. The Hall–Kier alpha value is -0.630. The van der Waals surface area contributed by atoms with Crippen molar-refractivity contribution in [2.75, 3.05) is 0 Å². The van der Waals surface area contributed by atoms with Crippen LogP contribution in [0, 0.1) is 5.92 Å². The maximum Gasteiger partial charge on any atom is 0.131 e. The van der Waals surface area contributed by atoms with E-state index in [1.54, 1.807) is 12.4 Å². The maximum absolute atomic E-state index is 5.67. The summed E-state index contributed by atoms with van der Waals surface area (Å²) < 4.78 is 0. The first kappa shape index (κ1) is 9.46. The molecule has 0 saturated heterocycles. The van der Waals surface area contributed by atoms with Crippen molar-refractivity contribution in [3.05, 3.63) is 23.2 Å². The van der Waals surface area contributed by atoms with E-state index in [4.69, 9.17) is 11.6 Å². The highest BCUT2D eigenvalue weighted by molar-refractivity contribution is 6.30. The molecule has 0 spiro atoms. The lowest BCUT2D eigenvalue weighted by Gasteiger charge is -2.12. The van der Waals surface area contributed by atoms with E-state index in [0.717, 1.165) is 5.82 Å². The van der Waals surface area contributed by atoms with Crippen LogP contribution in [0.5, 0.6) is 0 Å². The Morgan fingerprint density at radius 3 is 2.08 bits per heavy atom. The molecule has 2 nitrogen and oxygen atoms in total. The average molecular weight is 185 g/mol. The molecule has 0 aliphatic heterocycles. The predicted octanol–water partition coefficient (Wildman–Crippen LogP) is 2.89. The molecule has 0 unspecified atom stereocenters. The molecule has 12 heavy (non-hydrogen) atoms. The number of nitrogens with zero attached hydrogens (tertiary/aromatic N) is 2. The number of hydrogen-bond donors (Lipinski definition) is 0. The van der Waals surface area contributed by atoms with Gasteiger partial charge in [-0.1, -0.05) is 32.4 Å². The second-order valence-corrected chi connectivity index (χ2v) is 3.73.